The minimum Gasteiger partial charge on any atom is -0.313 e. The molecule has 2 aliphatic rings. The predicted octanol–water partition coefficient (Wildman–Crippen LogP) is 1.71. The number of fused-ring (bicyclic) bond motifs is 2. The van der Waals surface area contributed by atoms with Gasteiger partial charge in [0.25, 0.3) is 0 Å². The molecule has 1 atom stereocenters. The van der Waals surface area contributed by atoms with E-state index in [1.165, 1.54) is 0 Å². The monoisotopic (exact) mass is 204 g/mol. The molecular formula is C10H8N2OS. The maximum Gasteiger partial charge on any atom is 0.226 e. The summed E-state index contributed by atoms with van der Waals surface area (Å²) in [7, 11) is 0. The van der Waals surface area contributed by atoms with E-state index in [-0.39, 0.29) is 11.2 Å². The fourth-order valence-electron chi connectivity index (χ4n) is 1.67. The lowest BCUT2D eigenvalue weighted by Crippen LogP contribution is -2.24. The summed E-state index contributed by atoms with van der Waals surface area (Å²) in [5.41, 5.74) is 0.964. The lowest BCUT2D eigenvalue weighted by atomic mass is 10.3. The number of benzene rings is 1. The summed E-state index contributed by atoms with van der Waals surface area (Å²) in [6, 6.07) is 7.97. The third-order valence-corrected chi connectivity index (χ3v) is 3.59. The van der Waals surface area contributed by atoms with Gasteiger partial charge in [0.1, 0.15) is 5.84 Å². The van der Waals surface area contributed by atoms with Crippen molar-refractivity contribution in [2.45, 2.75) is 16.6 Å². The SMILES string of the molecule is O=C1C[C@H]2Sc3ccccc3N=C2N1. The molecule has 1 aromatic rings. The molecule has 2 aliphatic heterocycles. The van der Waals surface area contributed by atoms with Gasteiger partial charge in [0.05, 0.1) is 10.9 Å². The number of amidine groups is 1. The number of thioether (sulfide) groups is 1. The number of aliphatic imine (C=N–C) groups is 1. The van der Waals surface area contributed by atoms with Crippen molar-refractivity contribution in [3.8, 4) is 0 Å². The normalized spacial score (nSPS) is 23.6. The fourth-order valence-corrected chi connectivity index (χ4v) is 2.83. The molecule has 1 fully saturated rings. The second-order valence-corrected chi connectivity index (χ2v) is 4.57. The van der Waals surface area contributed by atoms with Gasteiger partial charge < -0.3 is 5.32 Å². The molecule has 3 rings (SSSR count). The van der Waals surface area contributed by atoms with E-state index in [0.29, 0.717) is 6.42 Å². The highest BCUT2D eigenvalue weighted by Gasteiger charge is 2.32. The zero-order valence-corrected chi connectivity index (χ0v) is 8.17. The number of para-hydroxylation sites is 1. The second kappa shape index (κ2) is 2.85. The van der Waals surface area contributed by atoms with Gasteiger partial charge in [-0.15, -0.1) is 11.8 Å². The van der Waals surface area contributed by atoms with Crippen LogP contribution in [-0.4, -0.2) is 17.0 Å². The Hall–Kier alpha value is -1.29. The molecule has 1 amide bonds. The number of hydrogen-bond donors (Lipinski definition) is 1. The Morgan fingerprint density at radius 1 is 1.43 bits per heavy atom. The highest BCUT2D eigenvalue weighted by atomic mass is 32.2. The zero-order chi connectivity index (χ0) is 9.54. The van der Waals surface area contributed by atoms with Gasteiger partial charge in [0.15, 0.2) is 0 Å². The lowest BCUT2D eigenvalue weighted by Gasteiger charge is -2.16. The summed E-state index contributed by atoms with van der Waals surface area (Å²) in [5, 5.41) is 2.99. The summed E-state index contributed by atoms with van der Waals surface area (Å²) in [6.07, 6.45) is 0.553. The quantitative estimate of drug-likeness (QED) is 0.699. The Kier molecular flexibility index (Phi) is 1.64. The van der Waals surface area contributed by atoms with Gasteiger partial charge in [-0.2, -0.15) is 0 Å². The molecule has 0 saturated carbocycles. The number of carbonyl (C=O) groups is 1. The van der Waals surface area contributed by atoms with Gasteiger partial charge in [0.2, 0.25) is 5.91 Å². The van der Waals surface area contributed by atoms with Crippen LogP contribution in [0.25, 0.3) is 0 Å². The van der Waals surface area contributed by atoms with E-state index in [1.54, 1.807) is 11.8 Å². The van der Waals surface area contributed by atoms with Gasteiger partial charge in [0, 0.05) is 11.3 Å². The van der Waals surface area contributed by atoms with Gasteiger partial charge in [-0.25, -0.2) is 4.99 Å². The van der Waals surface area contributed by atoms with Crippen molar-refractivity contribution >= 4 is 29.2 Å². The standard InChI is InChI=1S/C10H8N2OS/c13-9-5-8-10(12-9)11-6-3-1-2-4-7(6)14-8/h1-4,8H,5H2,(H,11,12,13)/t8-/m1/s1. The smallest absolute Gasteiger partial charge is 0.226 e. The number of carbonyl (C=O) groups excluding carboxylic acids is 1. The first-order valence-electron chi connectivity index (χ1n) is 4.47. The summed E-state index contributed by atoms with van der Waals surface area (Å²) in [5.74, 6) is 0.896. The van der Waals surface area contributed by atoms with Crippen molar-refractivity contribution in [2.24, 2.45) is 4.99 Å². The molecular weight excluding hydrogens is 196 g/mol. The second-order valence-electron chi connectivity index (χ2n) is 3.32. The first kappa shape index (κ1) is 8.05. The molecule has 0 aromatic heterocycles. The number of hydrogen-bond acceptors (Lipinski definition) is 3. The molecule has 14 heavy (non-hydrogen) atoms. The van der Waals surface area contributed by atoms with Crippen LogP contribution in [0.5, 0.6) is 0 Å². The van der Waals surface area contributed by atoms with Gasteiger partial charge in [-0.3, -0.25) is 4.79 Å². The zero-order valence-electron chi connectivity index (χ0n) is 7.36. The molecule has 4 heteroatoms. The lowest BCUT2D eigenvalue weighted by molar-refractivity contribution is -0.118. The van der Waals surface area contributed by atoms with Crippen LogP contribution in [-0.2, 0) is 4.79 Å². The Morgan fingerprint density at radius 2 is 2.29 bits per heavy atom. The minimum atomic E-state index is 0.0778. The molecule has 70 valence electrons. The Labute approximate surface area is 85.6 Å². The van der Waals surface area contributed by atoms with E-state index in [4.69, 9.17) is 0 Å². The molecule has 0 aliphatic carbocycles. The first-order chi connectivity index (χ1) is 6.83. The summed E-state index contributed by atoms with van der Waals surface area (Å²) in [4.78, 5) is 16.7. The van der Waals surface area contributed by atoms with E-state index in [0.717, 1.165) is 16.4 Å². The van der Waals surface area contributed by atoms with E-state index >= 15 is 0 Å². The molecule has 0 radical (unpaired) electrons. The van der Waals surface area contributed by atoms with Gasteiger partial charge in [-0.05, 0) is 12.1 Å². The molecule has 0 spiro atoms. The van der Waals surface area contributed by atoms with Crippen LogP contribution in [0.3, 0.4) is 0 Å². The van der Waals surface area contributed by atoms with Crippen LogP contribution < -0.4 is 5.32 Å². The van der Waals surface area contributed by atoms with Crippen LogP contribution >= 0.6 is 11.8 Å². The highest BCUT2D eigenvalue weighted by Crippen LogP contribution is 2.39. The van der Waals surface area contributed by atoms with Gasteiger partial charge >= 0.3 is 0 Å². The number of amides is 1. The average molecular weight is 204 g/mol. The third kappa shape index (κ3) is 1.14. The molecule has 1 saturated heterocycles. The fraction of sp³-hybridized carbons (Fsp3) is 0.200. The Morgan fingerprint density at radius 3 is 3.21 bits per heavy atom. The summed E-state index contributed by atoms with van der Waals surface area (Å²) in [6.45, 7) is 0. The number of nitrogens with one attached hydrogen (secondary N) is 1. The van der Waals surface area contributed by atoms with Crippen molar-refractivity contribution in [3.63, 3.8) is 0 Å². The molecule has 1 N–H and O–H groups in total. The average Bonchev–Trinajstić information content (AvgIpc) is 2.53. The van der Waals surface area contributed by atoms with Crippen LogP contribution in [0, 0.1) is 0 Å². The third-order valence-electron chi connectivity index (χ3n) is 2.32. The van der Waals surface area contributed by atoms with Crippen molar-refractivity contribution in [1.29, 1.82) is 0 Å². The van der Waals surface area contributed by atoms with E-state index in [1.807, 2.05) is 24.3 Å². The van der Waals surface area contributed by atoms with Crippen molar-refractivity contribution in [1.82, 2.24) is 5.32 Å². The Bertz CT molecular complexity index is 442. The molecule has 1 aromatic carbocycles. The van der Waals surface area contributed by atoms with Crippen LogP contribution in [0.4, 0.5) is 5.69 Å². The van der Waals surface area contributed by atoms with E-state index in [9.17, 15) is 4.79 Å². The van der Waals surface area contributed by atoms with Crippen LogP contribution in [0.1, 0.15) is 6.42 Å². The molecule has 0 unspecified atom stereocenters. The largest absolute Gasteiger partial charge is 0.313 e. The van der Waals surface area contributed by atoms with Crippen LogP contribution in [0.2, 0.25) is 0 Å². The maximum atomic E-state index is 11.2. The Balaban J connectivity index is 2.07. The highest BCUT2D eigenvalue weighted by molar-refractivity contribution is 8.01. The topological polar surface area (TPSA) is 41.5 Å². The summed E-state index contributed by atoms with van der Waals surface area (Å²) < 4.78 is 0. The van der Waals surface area contributed by atoms with Crippen molar-refractivity contribution in [2.75, 3.05) is 0 Å². The number of nitrogens with zero attached hydrogens (tertiary/aromatic N) is 1. The van der Waals surface area contributed by atoms with Crippen LogP contribution in [0.15, 0.2) is 34.2 Å². The first-order valence-corrected chi connectivity index (χ1v) is 5.35. The van der Waals surface area contributed by atoms with E-state index in [2.05, 4.69) is 10.3 Å². The maximum absolute atomic E-state index is 11.2. The minimum absolute atomic E-state index is 0.0778. The molecule has 0 bridgehead atoms. The number of rotatable bonds is 0. The van der Waals surface area contributed by atoms with Crippen molar-refractivity contribution in [3.05, 3.63) is 24.3 Å². The predicted molar refractivity (Wildman–Crippen MR) is 55.9 cm³/mol. The van der Waals surface area contributed by atoms with Gasteiger partial charge in [-0.1, -0.05) is 12.1 Å². The van der Waals surface area contributed by atoms with Crippen molar-refractivity contribution < 1.29 is 4.79 Å². The molecule has 2 heterocycles. The summed E-state index contributed by atoms with van der Waals surface area (Å²) >= 11 is 1.72. The molecule has 3 nitrogen and oxygen atoms in total. The van der Waals surface area contributed by atoms with E-state index < -0.39 is 0 Å².